The van der Waals surface area contributed by atoms with Crippen LogP contribution in [0.3, 0.4) is 0 Å². The van der Waals surface area contributed by atoms with Crippen molar-refractivity contribution in [2.45, 2.75) is 44.6 Å². The Kier molecular flexibility index (Phi) is 5.86. The summed E-state index contributed by atoms with van der Waals surface area (Å²) in [5.41, 5.74) is 1.43. The molecule has 0 aromatic heterocycles. The zero-order chi connectivity index (χ0) is 14.4. The van der Waals surface area contributed by atoms with Crippen LogP contribution in [0.15, 0.2) is 24.3 Å². The summed E-state index contributed by atoms with van der Waals surface area (Å²) in [6.45, 7) is 4.97. The highest BCUT2D eigenvalue weighted by molar-refractivity contribution is 5.30. The third-order valence-electron chi connectivity index (χ3n) is 4.39. The number of ether oxygens (including phenoxy) is 1. The number of aliphatic hydroxyl groups excluding tert-OH is 1. The minimum atomic E-state index is 0.323. The lowest BCUT2D eigenvalue weighted by Gasteiger charge is -2.20. The Morgan fingerprint density at radius 2 is 1.95 bits per heavy atom. The van der Waals surface area contributed by atoms with Gasteiger partial charge in [0.2, 0.25) is 0 Å². The molecule has 3 nitrogen and oxygen atoms in total. The molecule has 1 aliphatic rings. The molecule has 112 valence electrons. The Morgan fingerprint density at radius 3 is 2.60 bits per heavy atom. The Bertz CT molecular complexity index is 390. The third kappa shape index (κ3) is 3.97. The van der Waals surface area contributed by atoms with Crippen molar-refractivity contribution >= 4 is 0 Å². The van der Waals surface area contributed by atoms with Crippen LogP contribution in [-0.2, 0) is 0 Å². The molecule has 20 heavy (non-hydrogen) atoms. The van der Waals surface area contributed by atoms with Crippen LogP contribution >= 0.6 is 0 Å². The maximum Gasteiger partial charge on any atom is 0.118 e. The van der Waals surface area contributed by atoms with E-state index in [4.69, 9.17) is 9.84 Å². The predicted octanol–water partition coefficient (Wildman–Crippen LogP) is 3.04. The summed E-state index contributed by atoms with van der Waals surface area (Å²) in [7, 11) is 1.71. The molecule has 2 rings (SSSR count). The highest BCUT2D eigenvalue weighted by Crippen LogP contribution is 2.32. The van der Waals surface area contributed by atoms with Crippen LogP contribution in [0.25, 0.3) is 0 Å². The molecule has 1 aromatic rings. The molecular weight excluding hydrogens is 250 g/mol. The van der Waals surface area contributed by atoms with Gasteiger partial charge in [-0.1, -0.05) is 12.1 Å². The van der Waals surface area contributed by atoms with Gasteiger partial charge in [-0.15, -0.1) is 0 Å². The minimum absolute atomic E-state index is 0.323. The summed E-state index contributed by atoms with van der Waals surface area (Å²) >= 11 is 0. The second kappa shape index (κ2) is 7.65. The Balaban J connectivity index is 1.85. The summed E-state index contributed by atoms with van der Waals surface area (Å²) in [4.78, 5) is 2.59. The summed E-state index contributed by atoms with van der Waals surface area (Å²) in [6.07, 6.45) is 4.50. The topological polar surface area (TPSA) is 32.7 Å². The van der Waals surface area contributed by atoms with E-state index >= 15 is 0 Å². The van der Waals surface area contributed by atoms with E-state index < -0.39 is 0 Å². The minimum Gasteiger partial charge on any atom is -0.497 e. The lowest BCUT2D eigenvalue weighted by Crippen LogP contribution is -2.28. The van der Waals surface area contributed by atoms with Crippen molar-refractivity contribution in [3.05, 3.63) is 29.8 Å². The first-order valence-electron chi connectivity index (χ1n) is 7.73. The molecule has 1 aromatic carbocycles. The molecule has 0 amide bonds. The maximum atomic E-state index is 8.82. The van der Waals surface area contributed by atoms with Crippen molar-refractivity contribution in [1.82, 2.24) is 4.90 Å². The fourth-order valence-electron chi connectivity index (χ4n) is 3.13. The fourth-order valence-corrected chi connectivity index (χ4v) is 3.13. The lowest BCUT2D eigenvalue weighted by molar-refractivity contribution is 0.248. The molecule has 1 saturated heterocycles. The van der Waals surface area contributed by atoms with Crippen LogP contribution in [-0.4, -0.2) is 42.9 Å². The van der Waals surface area contributed by atoms with Crippen molar-refractivity contribution in [3.63, 3.8) is 0 Å². The van der Waals surface area contributed by atoms with Crippen LogP contribution in [0, 0.1) is 0 Å². The predicted molar refractivity (Wildman–Crippen MR) is 82.3 cm³/mol. The highest BCUT2D eigenvalue weighted by Gasteiger charge is 2.29. The number of likely N-dealkylation sites (tertiary alicyclic amines) is 1. The second-order valence-corrected chi connectivity index (χ2v) is 5.83. The van der Waals surface area contributed by atoms with E-state index in [1.165, 1.54) is 18.4 Å². The van der Waals surface area contributed by atoms with E-state index in [2.05, 4.69) is 36.1 Å². The standard InChI is InChI=1S/C17H27NO2/c1-14-12-16(13-18(14)10-4-3-5-11-19)15-6-8-17(20-2)9-7-15/h6-9,14,16,19H,3-5,10-13H2,1-2H3/t14-,16+/m0/s1. The first-order chi connectivity index (χ1) is 9.74. The largest absolute Gasteiger partial charge is 0.497 e. The van der Waals surface area contributed by atoms with Gasteiger partial charge < -0.3 is 14.7 Å². The van der Waals surface area contributed by atoms with E-state index in [1.807, 2.05) is 0 Å². The molecule has 0 spiro atoms. The fraction of sp³-hybridized carbons (Fsp3) is 0.647. The maximum absolute atomic E-state index is 8.82. The van der Waals surface area contributed by atoms with Crippen LogP contribution in [0.4, 0.5) is 0 Å². The molecule has 0 unspecified atom stereocenters. The molecule has 1 aliphatic heterocycles. The molecule has 0 saturated carbocycles. The zero-order valence-corrected chi connectivity index (χ0v) is 12.7. The van der Waals surface area contributed by atoms with Crippen LogP contribution in [0.2, 0.25) is 0 Å². The van der Waals surface area contributed by atoms with Crippen molar-refractivity contribution in [2.24, 2.45) is 0 Å². The van der Waals surface area contributed by atoms with Crippen molar-refractivity contribution in [3.8, 4) is 5.75 Å². The number of aliphatic hydroxyl groups is 1. The second-order valence-electron chi connectivity index (χ2n) is 5.83. The Morgan fingerprint density at radius 1 is 1.20 bits per heavy atom. The average molecular weight is 277 g/mol. The van der Waals surface area contributed by atoms with Crippen molar-refractivity contribution < 1.29 is 9.84 Å². The number of unbranched alkanes of at least 4 members (excludes halogenated alkanes) is 2. The van der Waals surface area contributed by atoms with Crippen LogP contribution in [0.1, 0.15) is 44.1 Å². The van der Waals surface area contributed by atoms with Gasteiger partial charge in [-0.05, 0) is 62.8 Å². The number of hydrogen-bond donors (Lipinski definition) is 1. The summed E-state index contributed by atoms with van der Waals surface area (Å²) < 4.78 is 5.22. The Labute approximate surface area is 122 Å². The first-order valence-corrected chi connectivity index (χ1v) is 7.73. The SMILES string of the molecule is COc1ccc([C@@H]2C[C@H](C)N(CCCCCO)C2)cc1. The molecule has 3 heteroatoms. The summed E-state index contributed by atoms with van der Waals surface area (Å²) in [5.74, 6) is 1.58. The van der Waals surface area contributed by atoms with Gasteiger partial charge in [0, 0.05) is 19.2 Å². The number of nitrogens with zero attached hydrogens (tertiary/aromatic N) is 1. The summed E-state index contributed by atoms with van der Waals surface area (Å²) in [5, 5.41) is 8.82. The molecule has 1 N–H and O–H groups in total. The van der Waals surface area contributed by atoms with Crippen molar-refractivity contribution in [1.29, 1.82) is 0 Å². The van der Waals surface area contributed by atoms with Gasteiger partial charge >= 0.3 is 0 Å². The normalized spacial score (nSPS) is 23.1. The van der Waals surface area contributed by atoms with E-state index in [-0.39, 0.29) is 0 Å². The van der Waals surface area contributed by atoms with Crippen molar-refractivity contribution in [2.75, 3.05) is 26.8 Å². The van der Waals surface area contributed by atoms with Crippen LogP contribution < -0.4 is 4.74 Å². The molecule has 0 aliphatic carbocycles. The molecule has 2 atom stereocenters. The van der Waals surface area contributed by atoms with Gasteiger partial charge in [0.05, 0.1) is 7.11 Å². The first kappa shape index (κ1) is 15.3. The van der Waals surface area contributed by atoms with Gasteiger partial charge in [-0.3, -0.25) is 0 Å². The van der Waals surface area contributed by atoms with E-state index in [0.717, 1.165) is 31.7 Å². The van der Waals surface area contributed by atoms with Crippen LogP contribution in [0.5, 0.6) is 5.75 Å². The molecular formula is C17H27NO2. The lowest BCUT2D eigenvalue weighted by atomic mass is 9.97. The number of methoxy groups -OCH3 is 1. The van der Waals surface area contributed by atoms with Gasteiger partial charge in [-0.2, -0.15) is 0 Å². The third-order valence-corrected chi connectivity index (χ3v) is 4.39. The number of benzene rings is 1. The molecule has 1 fully saturated rings. The highest BCUT2D eigenvalue weighted by atomic mass is 16.5. The van der Waals surface area contributed by atoms with Gasteiger partial charge in [0.1, 0.15) is 5.75 Å². The Hall–Kier alpha value is -1.06. The van der Waals surface area contributed by atoms with E-state index in [9.17, 15) is 0 Å². The molecule has 0 radical (unpaired) electrons. The summed E-state index contributed by atoms with van der Waals surface area (Å²) in [6, 6.07) is 9.18. The van der Waals surface area contributed by atoms with Gasteiger partial charge in [0.25, 0.3) is 0 Å². The van der Waals surface area contributed by atoms with E-state index in [0.29, 0.717) is 18.6 Å². The van der Waals surface area contributed by atoms with E-state index in [1.54, 1.807) is 7.11 Å². The quantitative estimate of drug-likeness (QED) is 0.778. The number of rotatable bonds is 7. The average Bonchev–Trinajstić information content (AvgIpc) is 2.85. The smallest absolute Gasteiger partial charge is 0.118 e. The molecule has 1 heterocycles. The number of hydrogen-bond acceptors (Lipinski definition) is 3. The van der Waals surface area contributed by atoms with Gasteiger partial charge in [-0.25, -0.2) is 0 Å². The van der Waals surface area contributed by atoms with Gasteiger partial charge in [0.15, 0.2) is 0 Å². The molecule has 0 bridgehead atoms. The monoisotopic (exact) mass is 277 g/mol. The zero-order valence-electron chi connectivity index (χ0n) is 12.7.